The van der Waals surface area contributed by atoms with Crippen LogP contribution >= 0.6 is 0 Å². The highest BCUT2D eigenvalue weighted by Crippen LogP contribution is 2.24. The second-order valence-electron chi connectivity index (χ2n) is 6.04. The molecule has 1 heterocycles. The molecule has 7 heteroatoms. The SMILES string of the molecule is COc1ccc(OC)c(C(=O)COC(=O)c2cc(=O)c3cc(C)ccc3o2)c1. The van der Waals surface area contributed by atoms with E-state index in [0.29, 0.717) is 16.9 Å². The van der Waals surface area contributed by atoms with E-state index in [0.717, 1.165) is 11.6 Å². The first-order chi connectivity index (χ1) is 13.4. The number of benzene rings is 2. The molecule has 1 aromatic heterocycles. The van der Waals surface area contributed by atoms with Gasteiger partial charge in [-0.15, -0.1) is 0 Å². The van der Waals surface area contributed by atoms with Crippen LogP contribution < -0.4 is 14.9 Å². The van der Waals surface area contributed by atoms with Crippen molar-refractivity contribution in [2.45, 2.75) is 6.92 Å². The fourth-order valence-electron chi connectivity index (χ4n) is 2.68. The van der Waals surface area contributed by atoms with E-state index in [4.69, 9.17) is 18.6 Å². The van der Waals surface area contributed by atoms with Crippen LogP contribution in [0.3, 0.4) is 0 Å². The Morgan fingerprint density at radius 2 is 1.79 bits per heavy atom. The summed E-state index contributed by atoms with van der Waals surface area (Å²) in [6.45, 7) is 1.30. The normalized spacial score (nSPS) is 10.5. The molecule has 0 spiro atoms. The van der Waals surface area contributed by atoms with Gasteiger partial charge in [0.1, 0.15) is 17.1 Å². The predicted octanol–water partition coefficient (Wildman–Crippen LogP) is 3.16. The number of carbonyl (C=O) groups excluding carboxylic acids is 2. The van der Waals surface area contributed by atoms with Crippen LogP contribution in [-0.2, 0) is 4.74 Å². The van der Waals surface area contributed by atoms with E-state index in [1.807, 2.05) is 6.92 Å². The Balaban J connectivity index is 1.79. The van der Waals surface area contributed by atoms with Gasteiger partial charge in [0.25, 0.3) is 0 Å². The molecule has 0 saturated carbocycles. The van der Waals surface area contributed by atoms with Crippen molar-refractivity contribution in [3.05, 3.63) is 69.6 Å². The Morgan fingerprint density at radius 1 is 1.00 bits per heavy atom. The maximum Gasteiger partial charge on any atom is 0.374 e. The minimum Gasteiger partial charge on any atom is -0.497 e. The summed E-state index contributed by atoms with van der Waals surface area (Å²) in [6.07, 6.45) is 0. The van der Waals surface area contributed by atoms with Gasteiger partial charge in [0.05, 0.1) is 25.2 Å². The summed E-state index contributed by atoms with van der Waals surface area (Å²) in [4.78, 5) is 36.9. The predicted molar refractivity (Wildman–Crippen MR) is 101 cm³/mol. The lowest BCUT2D eigenvalue weighted by atomic mass is 10.1. The Hall–Kier alpha value is -3.61. The van der Waals surface area contributed by atoms with E-state index in [1.165, 1.54) is 20.3 Å². The molecule has 0 atom stereocenters. The second kappa shape index (κ2) is 7.96. The fourth-order valence-corrected chi connectivity index (χ4v) is 2.68. The van der Waals surface area contributed by atoms with Gasteiger partial charge in [-0.3, -0.25) is 9.59 Å². The van der Waals surface area contributed by atoms with Gasteiger partial charge in [0, 0.05) is 6.07 Å². The molecular weight excluding hydrogens is 364 g/mol. The molecule has 28 heavy (non-hydrogen) atoms. The summed E-state index contributed by atoms with van der Waals surface area (Å²) in [5.41, 5.74) is 1.02. The topological polar surface area (TPSA) is 92.0 Å². The number of ether oxygens (including phenoxy) is 3. The molecule has 0 aliphatic carbocycles. The number of rotatable bonds is 6. The molecule has 7 nitrogen and oxygen atoms in total. The van der Waals surface area contributed by atoms with Gasteiger partial charge in [-0.05, 0) is 37.3 Å². The van der Waals surface area contributed by atoms with E-state index in [9.17, 15) is 14.4 Å². The molecule has 0 aliphatic heterocycles. The molecular formula is C21H18O7. The zero-order chi connectivity index (χ0) is 20.3. The highest BCUT2D eigenvalue weighted by molar-refractivity contribution is 6.01. The van der Waals surface area contributed by atoms with Crippen LogP contribution in [0.2, 0.25) is 0 Å². The van der Waals surface area contributed by atoms with Crippen molar-refractivity contribution in [1.82, 2.24) is 0 Å². The summed E-state index contributed by atoms with van der Waals surface area (Å²) in [5.74, 6) is -0.870. The molecule has 0 saturated heterocycles. The van der Waals surface area contributed by atoms with E-state index >= 15 is 0 Å². The fraction of sp³-hybridized carbons (Fsp3) is 0.190. The maximum absolute atomic E-state index is 12.4. The van der Waals surface area contributed by atoms with Crippen LogP contribution in [-0.4, -0.2) is 32.6 Å². The third-order valence-corrected chi connectivity index (χ3v) is 4.13. The highest BCUT2D eigenvalue weighted by Gasteiger charge is 2.19. The summed E-state index contributed by atoms with van der Waals surface area (Å²) < 4.78 is 20.7. The Labute approximate surface area is 160 Å². The van der Waals surface area contributed by atoms with Crippen molar-refractivity contribution >= 4 is 22.7 Å². The lowest BCUT2D eigenvalue weighted by molar-refractivity contribution is 0.0443. The van der Waals surface area contributed by atoms with Crippen molar-refractivity contribution in [3.8, 4) is 11.5 Å². The van der Waals surface area contributed by atoms with Gasteiger partial charge in [0.2, 0.25) is 11.5 Å². The van der Waals surface area contributed by atoms with E-state index in [2.05, 4.69) is 0 Å². The minimum atomic E-state index is -0.908. The smallest absolute Gasteiger partial charge is 0.374 e. The quantitative estimate of drug-likeness (QED) is 0.478. The molecule has 0 unspecified atom stereocenters. The summed E-state index contributed by atoms with van der Waals surface area (Å²) in [6, 6.07) is 10.8. The zero-order valence-corrected chi connectivity index (χ0v) is 15.6. The molecule has 144 valence electrons. The number of hydrogen-bond donors (Lipinski definition) is 0. The number of esters is 1. The molecule has 0 fully saturated rings. The molecule has 0 radical (unpaired) electrons. The van der Waals surface area contributed by atoms with Gasteiger partial charge >= 0.3 is 5.97 Å². The number of hydrogen-bond acceptors (Lipinski definition) is 7. The van der Waals surface area contributed by atoms with E-state index in [-0.39, 0.29) is 22.3 Å². The van der Waals surface area contributed by atoms with Crippen LogP contribution in [0.25, 0.3) is 11.0 Å². The average molecular weight is 382 g/mol. The third kappa shape index (κ3) is 3.88. The molecule has 3 aromatic rings. The number of aryl methyl sites for hydroxylation is 1. The standard InChI is InChI=1S/C21H18O7/c1-12-4-6-19-14(8-12)16(22)10-20(28-19)21(24)27-11-17(23)15-9-13(25-2)5-7-18(15)26-3/h4-10H,11H2,1-3H3. The van der Waals surface area contributed by atoms with Gasteiger partial charge in [-0.25, -0.2) is 4.79 Å². The van der Waals surface area contributed by atoms with Gasteiger partial charge in [-0.2, -0.15) is 0 Å². The second-order valence-corrected chi connectivity index (χ2v) is 6.04. The number of ketones is 1. The first-order valence-corrected chi connectivity index (χ1v) is 8.40. The molecule has 3 rings (SSSR count). The van der Waals surface area contributed by atoms with Gasteiger partial charge in [-0.1, -0.05) is 11.6 Å². The Morgan fingerprint density at radius 3 is 2.50 bits per heavy atom. The number of methoxy groups -OCH3 is 2. The highest BCUT2D eigenvalue weighted by atomic mass is 16.5. The molecule has 2 aromatic carbocycles. The van der Waals surface area contributed by atoms with Gasteiger partial charge in [0.15, 0.2) is 12.0 Å². The molecule has 0 aliphatic rings. The van der Waals surface area contributed by atoms with E-state index in [1.54, 1.807) is 30.3 Å². The van der Waals surface area contributed by atoms with Crippen molar-refractivity contribution < 1.29 is 28.2 Å². The maximum atomic E-state index is 12.4. The van der Waals surface area contributed by atoms with E-state index < -0.39 is 18.4 Å². The largest absolute Gasteiger partial charge is 0.497 e. The minimum absolute atomic E-state index is 0.213. The van der Waals surface area contributed by atoms with Crippen LogP contribution in [0.1, 0.15) is 26.5 Å². The van der Waals surface area contributed by atoms with Crippen LogP contribution in [0.4, 0.5) is 0 Å². The monoisotopic (exact) mass is 382 g/mol. The Kier molecular flexibility index (Phi) is 5.44. The zero-order valence-electron chi connectivity index (χ0n) is 15.6. The van der Waals surface area contributed by atoms with Crippen LogP contribution in [0.5, 0.6) is 11.5 Å². The van der Waals surface area contributed by atoms with Crippen molar-refractivity contribution in [3.63, 3.8) is 0 Å². The first-order valence-electron chi connectivity index (χ1n) is 8.40. The average Bonchev–Trinajstić information content (AvgIpc) is 2.71. The van der Waals surface area contributed by atoms with Crippen molar-refractivity contribution in [2.24, 2.45) is 0 Å². The number of Topliss-reactive ketones (excluding diaryl/α,β-unsaturated/α-hetero) is 1. The number of fused-ring (bicyclic) bond motifs is 1. The van der Waals surface area contributed by atoms with Gasteiger partial charge < -0.3 is 18.6 Å². The number of carbonyl (C=O) groups is 2. The summed E-state index contributed by atoms with van der Waals surface area (Å²) >= 11 is 0. The Bertz CT molecular complexity index is 1110. The van der Waals surface area contributed by atoms with Crippen molar-refractivity contribution in [2.75, 3.05) is 20.8 Å². The molecule has 0 N–H and O–H groups in total. The molecule has 0 amide bonds. The first kappa shape index (κ1) is 19.2. The van der Waals surface area contributed by atoms with Crippen LogP contribution in [0.15, 0.2) is 51.7 Å². The van der Waals surface area contributed by atoms with Crippen molar-refractivity contribution in [1.29, 1.82) is 0 Å². The third-order valence-electron chi connectivity index (χ3n) is 4.13. The summed E-state index contributed by atoms with van der Waals surface area (Å²) in [5, 5.41) is 0.369. The summed E-state index contributed by atoms with van der Waals surface area (Å²) in [7, 11) is 2.90. The molecule has 0 bridgehead atoms. The lowest BCUT2D eigenvalue weighted by Crippen LogP contribution is -2.16. The van der Waals surface area contributed by atoms with Crippen LogP contribution in [0, 0.1) is 6.92 Å². The lowest BCUT2D eigenvalue weighted by Gasteiger charge is -2.10.